The summed E-state index contributed by atoms with van der Waals surface area (Å²) in [6.07, 6.45) is 0. The Hall–Kier alpha value is -1.94. The molecule has 0 amide bonds. The lowest BCUT2D eigenvalue weighted by atomic mass is 10.1. The zero-order valence-electron chi connectivity index (χ0n) is 8.52. The molecule has 0 spiro atoms. The Morgan fingerprint density at radius 2 is 1.82 bits per heavy atom. The third-order valence-electron chi connectivity index (χ3n) is 2.22. The van der Waals surface area contributed by atoms with E-state index < -0.39 is 5.97 Å². The molecule has 2 rings (SSSR count). The molecule has 0 aliphatic carbocycles. The van der Waals surface area contributed by atoms with Crippen molar-refractivity contribution in [1.29, 1.82) is 0 Å². The van der Waals surface area contributed by atoms with Crippen molar-refractivity contribution in [1.82, 2.24) is 4.98 Å². The van der Waals surface area contributed by atoms with E-state index >= 15 is 0 Å². The fourth-order valence-electron chi connectivity index (χ4n) is 1.40. The first kappa shape index (κ1) is 11.5. The Kier molecular flexibility index (Phi) is 3.06. The Balaban J connectivity index is 2.46. The highest BCUT2D eigenvalue weighted by Crippen LogP contribution is 2.26. The summed E-state index contributed by atoms with van der Waals surface area (Å²) in [6.45, 7) is 0. The summed E-state index contributed by atoms with van der Waals surface area (Å²) in [5, 5.41) is 8.82. The predicted molar refractivity (Wildman–Crippen MR) is 61.6 cm³/mol. The maximum atomic E-state index is 12.7. The Morgan fingerprint density at radius 1 is 1.18 bits per heavy atom. The highest BCUT2D eigenvalue weighted by atomic mass is 35.5. The fourth-order valence-corrected chi connectivity index (χ4v) is 1.66. The van der Waals surface area contributed by atoms with Crippen molar-refractivity contribution in [2.75, 3.05) is 0 Å². The van der Waals surface area contributed by atoms with Gasteiger partial charge in [0.05, 0.1) is 0 Å². The summed E-state index contributed by atoms with van der Waals surface area (Å²) >= 11 is 5.88. The molecule has 86 valence electrons. The number of aromatic carboxylic acids is 1. The zero-order valence-corrected chi connectivity index (χ0v) is 9.28. The molecule has 0 aliphatic heterocycles. The first-order chi connectivity index (χ1) is 8.08. The summed E-state index contributed by atoms with van der Waals surface area (Å²) in [5.74, 6) is -1.49. The van der Waals surface area contributed by atoms with Crippen molar-refractivity contribution >= 4 is 17.6 Å². The molecule has 5 heteroatoms. The molecule has 1 N–H and O–H groups in total. The minimum absolute atomic E-state index is 0.0801. The van der Waals surface area contributed by atoms with Crippen molar-refractivity contribution in [3.05, 3.63) is 53.1 Å². The lowest BCUT2D eigenvalue weighted by Gasteiger charge is -2.04. The molecule has 0 aliphatic rings. The van der Waals surface area contributed by atoms with Gasteiger partial charge in [-0.1, -0.05) is 23.7 Å². The average molecular weight is 252 g/mol. The standard InChI is InChI=1S/C12H7ClFNO2/c13-11-9(5-6-10(15-11)12(16)17)7-1-3-8(14)4-2-7/h1-6H,(H,16,17). The molecule has 3 nitrogen and oxygen atoms in total. The van der Waals surface area contributed by atoms with Crippen LogP contribution in [0.25, 0.3) is 11.1 Å². The molecule has 2 aromatic rings. The van der Waals surface area contributed by atoms with Crippen molar-refractivity contribution in [3.8, 4) is 11.1 Å². The first-order valence-electron chi connectivity index (χ1n) is 4.73. The van der Waals surface area contributed by atoms with Gasteiger partial charge in [-0.15, -0.1) is 0 Å². The summed E-state index contributed by atoms with van der Waals surface area (Å²) in [7, 11) is 0. The van der Waals surface area contributed by atoms with E-state index in [1.165, 1.54) is 18.2 Å². The van der Waals surface area contributed by atoms with Crippen molar-refractivity contribution in [2.45, 2.75) is 0 Å². The monoisotopic (exact) mass is 251 g/mol. The van der Waals surface area contributed by atoms with Crippen molar-refractivity contribution in [2.24, 2.45) is 0 Å². The van der Waals surface area contributed by atoms with Crippen LogP contribution >= 0.6 is 11.6 Å². The van der Waals surface area contributed by atoms with E-state index in [0.717, 1.165) is 0 Å². The second kappa shape index (κ2) is 4.51. The maximum Gasteiger partial charge on any atom is 0.354 e. The maximum absolute atomic E-state index is 12.7. The van der Waals surface area contributed by atoms with Gasteiger partial charge >= 0.3 is 5.97 Å². The third-order valence-corrected chi connectivity index (χ3v) is 2.51. The van der Waals surface area contributed by atoms with Crippen molar-refractivity contribution in [3.63, 3.8) is 0 Å². The molecular formula is C12H7ClFNO2. The molecule has 0 radical (unpaired) electrons. The van der Waals surface area contributed by atoms with E-state index in [0.29, 0.717) is 11.1 Å². The molecule has 0 unspecified atom stereocenters. The number of carbonyl (C=O) groups is 1. The van der Waals surface area contributed by atoms with Crippen LogP contribution in [-0.4, -0.2) is 16.1 Å². The summed E-state index contributed by atoms with van der Waals surface area (Å²) in [5.41, 5.74) is 1.12. The second-order valence-corrected chi connectivity index (χ2v) is 3.70. The van der Waals surface area contributed by atoms with E-state index in [-0.39, 0.29) is 16.7 Å². The number of hydrogen-bond donors (Lipinski definition) is 1. The first-order valence-corrected chi connectivity index (χ1v) is 5.11. The smallest absolute Gasteiger partial charge is 0.354 e. The van der Waals surface area contributed by atoms with E-state index in [1.807, 2.05) is 0 Å². The van der Waals surface area contributed by atoms with Gasteiger partial charge in [0, 0.05) is 5.56 Å². The van der Waals surface area contributed by atoms with E-state index in [9.17, 15) is 9.18 Å². The number of carboxylic acids is 1. The van der Waals surface area contributed by atoms with Gasteiger partial charge in [-0.3, -0.25) is 0 Å². The predicted octanol–water partition coefficient (Wildman–Crippen LogP) is 3.24. The van der Waals surface area contributed by atoms with E-state index in [1.54, 1.807) is 18.2 Å². The van der Waals surface area contributed by atoms with E-state index in [2.05, 4.69) is 4.98 Å². The Morgan fingerprint density at radius 3 is 2.35 bits per heavy atom. The van der Waals surface area contributed by atoms with Crippen LogP contribution in [0.3, 0.4) is 0 Å². The van der Waals surface area contributed by atoms with Crippen LogP contribution in [0.15, 0.2) is 36.4 Å². The van der Waals surface area contributed by atoms with Crippen LogP contribution < -0.4 is 0 Å². The molecule has 17 heavy (non-hydrogen) atoms. The Labute approximate surface area is 101 Å². The summed E-state index contributed by atoms with van der Waals surface area (Å²) in [4.78, 5) is 14.4. The topological polar surface area (TPSA) is 50.2 Å². The summed E-state index contributed by atoms with van der Waals surface area (Å²) in [6, 6.07) is 8.61. The lowest BCUT2D eigenvalue weighted by molar-refractivity contribution is 0.0690. The van der Waals surface area contributed by atoms with Crippen LogP contribution in [-0.2, 0) is 0 Å². The molecule has 0 fully saturated rings. The largest absolute Gasteiger partial charge is 0.477 e. The van der Waals surface area contributed by atoms with Gasteiger partial charge < -0.3 is 5.11 Å². The molecule has 1 aromatic carbocycles. The van der Waals surface area contributed by atoms with Gasteiger partial charge in [-0.25, -0.2) is 14.2 Å². The highest BCUT2D eigenvalue weighted by Gasteiger charge is 2.10. The van der Waals surface area contributed by atoms with E-state index in [4.69, 9.17) is 16.7 Å². The fraction of sp³-hybridized carbons (Fsp3) is 0. The molecular weight excluding hydrogens is 245 g/mol. The average Bonchev–Trinajstić information content (AvgIpc) is 2.30. The Bertz CT molecular complexity index is 569. The molecule has 0 atom stereocenters. The number of carboxylic acid groups (broad SMARTS) is 1. The highest BCUT2D eigenvalue weighted by molar-refractivity contribution is 6.32. The van der Waals surface area contributed by atoms with Crippen LogP contribution in [0.5, 0.6) is 0 Å². The number of hydrogen-bond acceptors (Lipinski definition) is 2. The van der Waals surface area contributed by atoms with Crippen LogP contribution in [0, 0.1) is 5.82 Å². The number of rotatable bonds is 2. The van der Waals surface area contributed by atoms with Gasteiger partial charge in [-0.05, 0) is 29.8 Å². The molecule has 1 heterocycles. The molecule has 0 saturated carbocycles. The van der Waals surface area contributed by atoms with Crippen LogP contribution in [0.1, 0.15) is 10.5 Å². The number of benzene rings is 1. The summed E-state index contributed by atoms with van der Waals surface area (Å²) < 4.78 is 12.7. The van der Waals surface area contributed by atoms with Gasteiger partial charge in [0.1, 0.15) is 16.7 Å². The second-order valence-electron chi connectivity index (χ2n) is 3.35. The molecule has 1 aromatic heterocycles. The third kappa shape index (κ3) is 2.42. The number of aromatic nitrogens is 1. The van der Waals surface area contributed by atoms with Gasteiger partial charge in [0.2, 0.25) is 0 Å². The van der Waals surface area contributed by atoms with Gasteiger partial charge in [0.25, 0.3) is 0 Å². The van der Waals surface area contributed by atoms with Gasteiger partial charge in [0.15, 0.2) is 0 Å². The normalized spacial score (nSPS) is 10.2. The number of pyridine rings is 1. The SMILES string of the molecule is O=C(O)c1ccc(-c2ccc(F)cc2)c(Cl)n1. The zero-order chi connectivity index (χ0) is 12.4. The van der Waals surface area contributed by atoms with Crippen LogP contribution in [0.4, 0.5) is 4.39 Å². The molecule has 0 bridgehead atoms. The minimum atomic E-state index is -1.14. The number of halogens is 2. The number of nitrogens with zero attached hydrogens (tertiary/aromatic N) is 1. The minimum Gasteiger partial charge on any atom is -0.477 e. The van der Waals surface area contributed by atoms with Crippen molar-refractivity contribution < 1.29 is 14.3 Å². The van der Waals surface area contributed by atoms with Crippen LogP contribution in [0.2, 0.25) is 5.15 Å². The lowest BCUT2D eigenvalue weighted by Crippen LogP contribution is -2.00. The molecule has 0 saturated heterocycles. The van der Waals surface area contributed by atoms with Gasteiger partial charge in [-0.2, -0.15) is 0 Å². The quantitative estimate of drug-likeness (QED) is 0.834.